The van der Waals surface area contributed by atoms with Crippen molar-refractivity contribution in [3.05, 3.63) is 83.8 Å². The van der Waals surface area contributed by atoms with Gasteiger partial charge in [0.2, 0.25) is 5.88 Å². The first-order chi connectivity index (χ1) is 12.8. The van der Waals surface area contributed by atoms with Crippen molar-refractivity contribution in [3.63, 3.8) is 0 Å². The SMILES string of the molecule is OC(Nc1ccc(F)cc1)c1cccc(Oc2cccc(C(F)(F)F)c2)n1. The van der Waals surface area contributed by atoms with Crippen LogP contribution in [0.5, 0.6) is 11.6 Å². The fourth-order valence-electron chi connectivity index (χ4n) is 2.27. The molecule has 0 bridgehead atoms. The summed E-state index contributed by atoms with van der Waals surface area (Å²) in [7, 11) is 0. The van der Waals surface area contributed by atoms with Crippen molar-refractivity contribution in [2.75, 3.05) is 5.32 Å². The Kier molecular flexibility index (Phi) is 5.27. The lowest BCUT2D eigenvalue weighted by molar-refractivity contribution is -0.137. The van der Waals surface area contributed by atoms with Crippen molar-refractivity contribution < 1.29 is 27.4 Å². The van der Waals surface area contributed by atoms with Gasteiger partial charge in [0.05, 0.1) is 11.3 Å². The molecule has 4 nitrogen and oxygen atoms in total. The zero-order chi connectivity index (χ0) is 19.4. The number of nitrogens with zero attached hydrogens (tertiary/aromatic N) is 1. The quantitative estimate of drug-likeness (QED) is 0.477. The van der Waals surface area contributed by atoms with Gasteiger partial charge >= 0.3 is 6.18 Å². The molecule has 0 saturated heterocycles. The molecule has 0 aliphatic heterocycles. The van der Waals surface area contributed by atoms with Gasteiger partial charge in [-0.15, -0.1) is 0 Å². The van der Waals surface area contributed by atoms with Crippen LogP contribution in [0.1, 0.15) is 17.5 Å². The molecular formula is C19H14F4N2O2. The largest absolute Gasteiger partial charge is 0.439 e. The predicted octanol–water partition coefficient (Wildman–Crippen LogP) is 5.13. The molecule has 2 aromatic carbocycles. The lowest BCUT2D eigenvalue weighted by Crippen LogP contribution is -2.11. The molecule has 1 aromatic heterocycles. The van der Waals surface area contributed by atoms with Crippen LogP contribution >= 0.6 is 0 Å². The molecule has 3 rings (SSSR count). The monoisotopic (exact) mass is 378 g/mol. The molecule has 0 fully saturated rings. The van der Waals surface area contributed by atoms with Crippen LogP contribution in [0.3, 0.4) is 0 Å². The predicted molar refractivity (Wildman–Crippen MR) is 90.7 cm³/mol. The van der Waals surface area contributed by atoms with Gasteiger partial charge in [0.15, 0.2) is 6.23 Å². The van der Waals surface area contributed by atoms with E-state index in [1.807, 2.05) is 0 Å². The lowest BCUT2D eigenvalue weighted by atomic mass is 10.2. The second-order valence-corrected chi connectivity index (χ2v) is 5.58. The van der Waals surface area contributed by atoms with E-state index in [2.05, 4.69) is 10.3 Å². The second-order valence-electron chi connectivity index (χ2n) is 5.58. The lowest BCUT2D eigenvalue weighted by Gasteiger charge is -2.15. The van der Waals surface area contributed by atoms with E-state index < -0.39 is 23.8 Å². The minimum Gasteiger partial charge on any atom is -0.439 e. The van der Waals surface area contributed by atoms with Crippen LogP contribution in [0.15, 0.2) is 66.7 Å². The zero-order valence-electron chi connectivity index (χ0n) is 13.7. The van der Waals surface area contributed by atoms with Gasteiger partial charge in [-0.2, -0.15) is 13.2 Å². The third-order valence-electron chi connectivity index (χ3n) is 3.56. The van der Waals surface area contributed by atoms with Crippen LogP contribution in [-0.2, 0) is 6.18 Å². The molecule has 0 spiro atoms. The van der Waals surface area contributed by atoms with Crippen LogP contribution in [0.4, 0.5) is 23.2 Å². The minimum absolute atomic E-state index is 0.0202. The normalized spacial score (nSPS) is 12.5. The maximum atomic E-state index is 12.9. The minimum atomic E-state index is -4.48. The van der Waals surface area contributed by atoms with E-state index in [0.717, 1.165) is 12.1 Å². The molecule has 0 aliphatic carbocycles. The fraction of sp³-hybridized carbons (Fsp3) is 0.105. The van der Waals surface area contributed by atoms with Gasteiger partial charge in [0.1, 0.15) is 11.6 Å². The van der Waals surface area contributed by atoms with Crippen LogP contribution < -0.4 is 10.1 Å². The number of hydrogen-bond donors (Lipinski definition) is 2. The number of alkyl halides is 3. The maximum absolute atomic E-state index is 12.9. The smallest absolute Gasteiger partial charge is 0.416 e. The summed E-state index contributed by atoms with van der Waals surface area (Å²) in [6, 6.07) is 14.3. The molecule has 0 radical (unpaired) electrons. The summed E-state index contributed by atoms with van der Waals surface area (Å²) in [5.74, 6) is -0.424. The Hall–Kier alpha value is -3.13. The summed E-state index contributed by atoms with van der Waals surface area (Å²) < 4.78 is 56.6. The molecular weight excluding hydrogens is 364 g/mol. The Morgan fingerprint density at radius 1 is 0.963 bits per heavy atom. The number of aliphatic hydroxyl groups excluding tert-OH is 1. The molecule has 1 atom stereocenters. The molecule has 0 saturated carbocycles. The summed E-state index contributed by atoms with van der Waals surface area (Å²) in [4.78, 5) is 4.08. The Labute approximate surface area is 152 Å². The number of halogens is 4. The molecule has 3 aromatic rings. The van der Waals surface area contributed by atoms with E-state index in [9.17, 15) is 22.7 Å². The second kappa shape index (κ2) is 7.63. The van der Waals surface area contributed by atoms with E-state index in [-0.39, 0.29) is 17.3 Å². The molecule has 2 N–H and O–H groups in total. The van der Waals surface area contributed by atoms with Crippen molar-refractivity contribution in [3.8, 4) is 11.6 Å². The first-order valence-electron chi connectivity index (χ1n) is 7.83. The van der Waals surface area contributed by atoms with Gasteiger partial charge < -0.3 is 15.2 Å². The Morgan fingerprint density at radius 3 is 2.37 bits per heavy atom. The number of pyridine rings is 1. The van der Waals surface area contributed by atoms with Crippen molar-refractivity contribution in [1.82, 2.24) is 4.98 Å². The fourth-order valence-corrected chi connectivity index (χ4v) is 2.27. The summed E-state index contributed by atoms with van der Waals surface area (Å²) in [5, 5.41) is 12.9. The van der Waals surface area contributed by atoms with Crippen molar-refractivity contribution in [2.45, 2.75) is 12.4 Å². The highest BCUT2D eigenvalue weighted by Crippen LogP contribution is 2.32. The van der Waals surface area contributed by atoms with Crippen molar-refractivity contribution in [2.24, 2.45) is 0 Å². The summed E-state index contributed by atoms with van der Waals surface area (Å²) in [6.07, 6.45) is -5.70. The van der Waals surface area contributed by atoms with Crippen LogP contribution in [0.2, 0.25) is 0 Å². The maximum Gasteiger partial charge on any atom is 0.416 e. The van der Waals surface area contributed by atoms with Gasteiger partial charge in [-0.1, -0.05) is 12.1 Å². The molecule has 140 valence electrons. The van der Waals surface area contributed by atoms with E-state index in [1.165, 1.54) is 48.5 Å². The highest BCUT2D eigenvalue weighted by molar-refractivity contribution is 5.44. The Morgan fingerprint density at radius 2 is 1.67 bits per heavy atom. The molecule has 0 amide bonds. The van der Waals surface area contributed by atoms with Gasteiger partial charge in [0.25, 0.3) is 0 Å². The molecule has 1 unspecified atom stereocenters. The van der Waals surface area contributed by atoms with E-state index in [4.69, 9.17) is 4.74 Å². The molecule has 0 aliphatic rings. The number of ether oxygens (including phenoxy) is 1. The van der Waals surface area contributed by atoms with Gasteiger partial charge in [0, 0.05) is 11.8 Å². The van der Waals surface area contributed by atoms with Crippen LogP contribution in [-0.4, -0.2) is 10.1 Å². The number of benzene rings is 2. The molecule has 1 heterocycles. The van der Waals surface area contributed by atoms with Gasteiger partial charge in [-0.3, -0.25) is 0 Å². The zero-order valence-corrected chi connectivity index (χ0v) is 13.7. The average molecular weight is 378 g/mol. The van der Waals surface area contributed by atoms with E-state index in [1.54, 1.807) is 6.07 Å². The molecule has 27 heavy (non-hydrogen) atoms. The number of rotatable bonds is 5. The number of hydrogen-bond acceptors (Lipinski definition) is 4. The average Bonchev–Trinajstić information content (AvgIpc) is 2.63. The highest BCUT2D eigenvalue weighted by atomic mass is 19.4. The summed E-state index contributed by atoms with van der Waals surface area (Å²) in [5.41, 5.74) is -0.187. The third kappa shape index (κ3) is 4.95. The topological polar surface area (TPSA) is 54.4 Å². The first-order valence-corrected chi connectivity index (χ1v) is 7.83. The Bertz CT molecular complexity index is 914. The number of aromatic nitrogens is 1. The number of aliphatic hydroxyl groups is 1. The molecule has 8 heteroatoms. The van der Waals surface area contributed by atoms with Gasteiger partial charge in [-0.25, -0.2) is 9.37 Å². The van der Waals surface area contributed by atoms with Crippen LogP contribution in [0, 0.1) is 5.82 Å². The Balaban J connectivity index is 1.74. The first kappa shape index (κ1) is 18.7. The van der Waals surface area contributed by atoms with Crippen LogP contribution in [0.25, 0.3) is 0 Å². The van der Waals surface area contributed by atoms with E-state index in [0.29, 0.717) is 5.69 Å². The summed E-state index contributed by atoms with van der Waals surface area (Å²) in [6.45, 7) is 0. The summed E-state index contributed by atoms with van der Waals surface area (Å²) >= 11 is 0. The number of nitrogens with one attached hydrogen (secondary N) is 1. The van der Waals surface area contributed by atoms with Crippen molar-refractivity contribution >= 4 is 5.69 Å². The van der Waals surface area contributed by atoms with E-state index >= 15 is 0 Å². The standard InChI is InChI=1S/C19H14F4N2O2/c20-13-7-9-14(10-8-13)24-18(26)16-5-2-6-17(25-16)27-15-4-1-3-12(11-15)19(21,22)23/h1-11,18,24,26H. The number of anilines is 1. The highest BCUT2D eigenvalue weighted by Gasteiger charge is 2.30. The van der Waals surface area contributed by atoms with Gasteiger partial charge in [-0.05, 0) is 48.5 Å². The third-order valence-corrected chi connectivity index (χ3v) is 3.56. The van der Waals surface area contributed by atoms with Crippen molar-refractivity contribution in [1.29, 1.82) is 0 Å².